The van der Waals surface area contributed by atoms with Gasteiger partial charge in [-0.3, -0.25) is 9.69 Å². The number of fused-ring (bicyclic) bond motifs is 5. The van der Waals surface area contributed by atoms with Gasteiger partial charge < -0.3 is 14.7 Å². The molecule has 1 heterocycles. The van der Waals surface area contributed by atoms with E-state index in [1.54, 1.807) is 16.9 Å². The van der Waals surface area contributed by atoms with E-state index in [1.807, 2.05) is 44.3 Å². The van der Waals surface area contributed by atoms with Crippen LogP contribution in [-0.4, -0.2) is 53.1 Å². The fourth-order valence-corrected chi connectivity index (χ4v) is 10.6. The van der Waals surface area contributed by atoms with Crippen LogP contribution in [0.4, 0.5) is 4.79 Å². The lowest BCUT2D eigenvalue weighted by molar-refractivity contribution is -0.134. The van der Waals surface area contributed by atoms with Crippen LogP contribution >= 0.6 is 0 Å². The second-order valence-corrected chi connectivity index (χ2v) is 16.3. The van der Waals surface area contributed by atoms with Crippen LogP contribution in [0.5, 0.6) is 5.75 Å². The van der Waals surface area contributed by atoms with Gasteiger partial charge in [0, 0.05) is 13.0 Å². The Kier molecular flexibility index (Phi) is 11.8. The molecule has 4 aliphatic rings. The van der Waals surface area contributed by atoms with E-state index >= 15 is 0 Å². The van der Waals surface area contributed by atoms with E-state index in [4.69, 9.17) is 4.74 Å². The predicted octanol–water partition coefficient (Wildman–Crippen LogP) is 9.87. The molecule has 1 aliphatic heterocycles. The normalized spacial score (nSPS) is 31.1. The highest BCUT2D eigenvalue weighted by Crippen LogP contribution is 2.62. The number of ether oxygens (including phenoxy) is 1. The molecule has 2 aromatic carbocycles. The van der Waals surface area contributed by atoms with Crippen LogP contribution in [0.2, 0.25) is 0 Å². The third-order valence-electron chi connectivity index (χ3n) is 13.6. The third kappa shape index (κ3) is 7.16. The summed E-state index contributed by atoms with van der Waals surface area (Å²) < 4.78 is 5.62. The molecule has 6 rings (SSSR count). The summed E-state index contributed by atoms with van der Waals surface area (Å²) in [6.07, 6.45) is 19.5. The SMILES string of the molecule is CCC[C@@H](CCCCCCC=CC[C@@H]1Cc2cc(OC)ccc2C2CC[C@@]3(C)C(CC[C@@H]3O)C21)C(=O)N1C(=O)N(C)[C@@H](C)[C@H]1c1ccccc1. The zero-order valence-electron chi connectivity index (χ0n) is 31.4. The molecule has 272 valence electrons. The maximum absolute atomic E-state index is 13.9. The van der Waals surface area contributed by atoms with Gasteiger partial charge in [-0.25, -0.2) is 4.79 Å². The minimum Gasteiger partial charge on any atom is -0.497 e. The van der Waals surface area contributed by atoms with E-state index in [-0.39, 0.29) is 41.5 Å². The largest absolute Gasteiger partial charge is 0.497 e. The number of hydrogen-bond donors (Lipinski definition) is 1. The van der Waals surface area contributed by atoms with Gasteiger partial charge in [-0.2, -0.15) is 0 Å². The van der Waals surface area contributed by atoms with Crippen molar-refractivity contribution < 1.29 is 19.4 Å². The van der Waals surface area contributed by atoms with Crippen molar-refractivity contribution in [2.24, 2.45) is 29.1 Å². The molecule has 6 nitrogen and oxygen atoms in total. The van der Waals surface area contributed by atoms with Gasteiger partial charge >= 0.3 is 6.03 Å². The average Bonchev–Trinajstić information content (AvgIpc) is 3.56. The number of aliphatic hydroxyl groups is 1. The molecule has 0 bridgehead atoms. The van der Waals surface area contributed by atoms with Crippen LogP contribution in [0.3, 0.4) is 0 Å². The first-order valence-electron chi connectivity index (χ1n) is 19.8. The third-order valence-corrected chi connectivity index (χ3v) is 13.6. The highest BCUT2D eigenvalue weighted by Gasteiger charge is 2.56. The van der Waals surface area contributed by atoms with Gasteiger partial charge in [0.15, 0.2) is 0 Å². The van der Waals surface area contributed by atoms with Crippen molar-refractivity contribution in [2.45, 2.75) is 135 Å². The van der Waals surface area contributed by atoms with Gasteiger partial charge in [0.1, 0.15) is 5.75 Å². The van der Waals surface area contributed by atoms with Gasteiger partial charge in [0.2, 0.25) is 5.91 Å². The van der Waals surface area contributed by atoms with Crippen LogP contribution < -0.4 is 4.74 Å². The Bertz CT molecular complexity index is 1490. The first-order chi connectivity index (χ1) is 24.2. The molecule has 6 heteroatoms. The topological polar surface area (TPSA) is 70.1 Å². The van der Waals surface area contributed by atoms with E-state index in [1.165, 1.54) is 17.5 Å². The van der Waals surface area contributed by atoms with Gasteiger partial charge in [-0.05, 0) is 129 Å². The van der Waals surface area contributed by atoms with Crippen molar-refractivity contribution in [2.75, 3.05) is 14.2 Å². The number of methoxy groups -OCH3 is 1. The van der Waals surface area contributed by atoms with Gasteiger partial charge in [0.25, 0.3) is 0 Å². The quantitative estimate of drug-likeness (QED) is 0.159. The standard InChI is InChI=1S/C44H62N2O4/c1-6-17-32(42(48)46-41(30(2)45(4)43(46)49)31-18-15-12-16-19-31)20-13-10-8-7-9-11-14-21-33-28-34-29-35(50-5)22-23-36(34)37-26-27-44(3)38(40(33)37)24-25-39(44)47/h11-12,14-16,18-19,22-23,29-30,32-33,37-41,47H,6-10,13,17,20-21,24-28H2,1-5H3/t30-,32-,33+,37?,38?,39-,40?,41-,44-/m0/s1. The number of hydrogen-bond acceptors (Lipinski definition) is 4. The van der Waals surface area contributed by atoms with Gasteiger partial charge in [-0.15, -0.1) is 0 Å². The number of imide groups is 1. The minimum absolute atomic E-state index is 0.00116. The van der Waals surface area contributed by atoms with Crippen molar-refractivity contribution in [1.29, 1.82) is 0 Å². The van der Waals surface area contributed by atoms with Crippen LogP contribution in [0.15, 0.2) is 60.7 Å². The molecular weight excluding hydrogens is 620 g/mol. The minimum atomic E-state index is -0.239. The number of aliphatic hydroxyl groups excluding tert-OH is 1. The Balaban J connectivity index is 0.997. The number of carbonyl (C=O) groups excluding carboxylic acids is 2. The van der Waals surface area contributed by atoms with E-state index < -0.39 is 0 Å². The molecule has 2 saturated carbocycles. The maximum Gasteiger partial charge on any atom is 0.327 e. The number of nitrogens with zero attached hydrogens (tertiary/aromatic N) is 2. The molecule has 9 atom stereocenters. The molecule has 1 saturated heterocycles. The average molecular weight is 683 g/mol. The molecule has 3 amide bonds. The van der Waals surface area contributed by atoms with Crippen LogP contribution in [0.25, 0.3) is 0 Å². The van der Waals surface area contributed by atoms with E-state index in [9.17, 15) is 14.7 Å². The van der Waals surface area contributed by atoms with E-state index in [0.717, 1.165) is 94.8 Å². The number of urea groups is 1. The number of benzene rings is 2. The Hall–Kier alpha value is -3.12. The van der Waals surface area contributed by atoms with Gasteiger partial charge in [0.05, 0.1) is 25.3 Å². The predicted molar refractivity (Wildman–Crippen MR) is 201 cm³/mol. The number of allylic oxidation sites excluding steroid dienone is 2. The Morgan fingerprint density at radius 1 is 1.04 bits per heavy atom. The maximum atomic E-state index is 13.9. The lowest BCUT2D eigenvalue weighted by Gasteiger charge is -2.53. The summed E-state index contributed by atoms with van der Waals surface area (Å²) in [5, 5.41) is 11.0. The van der Waals surface area contributed by atoms with E-state index in [0.29, 0.717) is 23.7 Å². The Morgan fingerprint density at radius 2 is 1.82 bits per heavy atom. The fourth-order valence-electron chi connectivity index (χ4n) is 10.6. The molecule has 0 radical (unpaired) electrons. The number of rotatable bonds is 14. The number of unbranched alkanes of at least 4 members (excludes halogenated alkanes) is 4. The Morgan fingerprint density at radius 3 is 2.58 bits per heavy atom. The first-order valence-corrected chi connectivity index (χ1v) is 19.8. The van der Waals surface area contributed by atoms with Crippen LogP contribution in [0, 0.1) is 29.1 Å². The smallest absolute Gasteiger partial charge is 0.327 e. The summed E-state index contributed by atoms with van der Waals surface area (Å²) in [5.74, 6) is 3.28. The Labute approximate surface area is 301 Å². The molecular formula is C44H62N2O4. The highest BCUT2D eigenvalue weighted by atomic mass is 16.5. The fraction of sp³-hybridized carbons (Fsp3) is 0.636. The monoisotopic (exact) mass is 682 g/mol. The summed E-state index contributed by atoms with van der Waals surface area (Å²) in [4.78, 5) is 30.5. The molecule has 0 spiro atoms. The summed E-state index contributed by atoms with van der Waals surface area (Å²) in [6, 6.07) is 16.3. The van der Waals surface area contributed by atoms with Crippen molar-refractivity contribution >= 4 is 11.9 Å². The molecule has 3 unspecified atom stereocenters. The highest BCUT2D eigenvalue weighted by molar-refractivity contribution is 5.98. The summed E-state index contributed by atoms with van der Waals surface area (Å²) in [5.41, 5.74) is 4.10. The number of carbonyl (C=O) groups is 2. The van der Waals surface area contributed by atoms with Crippen molar-refractivity contribution in [3.63, 3.8) is 0 Å². The lowest BCUT2D eigenvalue weighted by atomic mass is 9.52. The van der Waals surface area contributed by atoms with Crippen molar-refractivity contribution in [3.05, 3.63) is 77.4 Å². The number of amides is 3. The van der Waals surface area contributed by atoms with E-state index in [2.05, 4.69) is 44.2 Å². The molecule has 50 heavy (non-hydrogen) atoms. The summed E-state index contributed by atoms with van der Waals surface area (Å²) >= 11 is 0. The number of likely N-dealkylation sites (N-methyl/N-ethyl adjacent to an activating group) is 1. The molecule has 3 aliphatic carbocycles. The lowest BCUT2D eigenvalue weighted by Crippen LogP contribution is -2.47. The van der Waals surface area contributed by atoms with Crippen molar-refractivity contribution in [1.82, 2.24) is 9.80 Å². The van der Waals surface area contributed by atoms with Crippen LogP contribution in [-0.2, 0) is 11.2 Å². The molecule has 3 fully saturated rings. The second-order valence-electron chi connectivity index (χ2n) is 16.3. The zero-order valence-corrected chi connectivity index (χ0v) is 31.4. The summed E-state index contributed by atoms with van der Waals surface area (Å²) in [7, 11) is 3.58. The van der Waals surface area contributed by atoms with Crippen molar-refractivity contribution in [3.8, 4) is 5.75 Å². The first kappa shape index (κ1) is 36.7. The molecule has 2 aromatic rings. The van der Waals surface area contributed by atoms with Gasteiger partial charge in [-0.1, -0.05) is 88.1 Å². The second kappa shape index (κ2) is 16.0. The van der Waals surface area contributed by atoms with Crippen LogP contribution in [0.1, 0.15) is 133 Å². The molecule has 1 N–H and O–H groups in total. The molecule has 0 aromatic heterocycles. The summed E-state index contributed by atoms with van der Waals surface area (Å²) in [6.45, 7) is 6.55. The zero-order chi connectivity index (χ0) is 35.4.